The lowest BCUT2D eigenvalue weighted by Gasteiger charge is -2.32. The second-order valence-electron chi connectivity index (χ2n) is 8.47. The third-order valence-corrected chi connectivity index (χ3v) is 5.86. The number of carbonyl (C=O) groups excluding carboxylic acids is 2. The Balaban J connectivity index is 1.55. The van der Waals surface area contributed by atoms with E-state index in [9.17, 15) is 22.8 Å². The lowest BCUT2D eigenvalue weighted by atomic mass is 10.0. The van der Waals surface area contributed by atoms with Gasteiger partial charge in [0, 0.05) is 55.8 Å². The van der Waals surface area contributed by atoms with Crippen molar-refractivity contribution < 1.29 is 27.5 Å². The molecular weight excluding hydrogens is 463 g/mol. The van der Waals surface area contributed by atoms with Crippen LogP contribution in [0.4, 0.5) is 13.2 Å². The molecule has 1 aromatic carbocycles. The summed E-state index contributed by atoms with van der Waals surface area (Å²) in [6, 6.07) is 6.65. The molecule has 0 atom stereocenters. The minimum Gasteiger partial charge on any atom is -0.494 e. The van der Waals surface area contributed by atoms with Gasteiger partial charge in [-0.2, -0.15) is 18.3 Å². The number of piperazine rings is 1. The SMILES string of the molecule is CCOc1cc2nn(CC(=O)N3CCN(C)CC3)cc2cc1CC(=O)c1cccc(C(F)(F)F)n1. The van der Waals surface area contributed by atoms with Crippen LogP contribution in [0.2, 0.25) is 0 Å². The van der Waals surface area contributed by atoms with Gasteiger partial charge in [-0.25, -0.2) is 4.98 Å². The number of aromatic nitrogens is 3. The standard InChI is InChI=1S/C24H26F3N5O3/c1-3-35-21-13-19-17(14-32(29-19)15-23(34)31-9-7-30(2)8-10-31)11-16(21)12-20(33)18-5-4-6-22(28-18)24(25,26)27/h4-6,11,13-14H,3,7-10,12,15H2,1-2H3. The highest BCUT2D eigenvalue weighted by molar-refractivity contribution is 5.97. The first kappa shape index (κ1) is 24.6. The highest BCUT2D eigenvalue weighted by Gasteiger charge is 2.33. The van der Waals surface area contributed by atoms with Gasteiger partial charge in [0.25, 0.3) is 0 Å². The lowest BCUT2D eigenvalue weighted by molar-refractivity contribution is -0.141. The Kier molecular flexibility index (Phi) is 7.06. The number of hydrogen-bond donors (Lipinski definition) is 0. The number of amides is 1. The lowest BCUT2D eigenvalue weighted by Crippen LogP contribution is -2.48. The molecule has 3 aromatic rings. The maximum atomic E-state index is 13.0. The molecule has 186 valence electrons. The van der Waals surface area contributed by atoms with E-state index in [4.69, 9.17) is 4.74 Å². The molecule has 2 aromatic heterocycles. The molecule has 0 bridgehead atoms. The Morgan fingerprint density at radius 1 is 1.11 bits per heavy atom. The predicted octanol–water partition coefficient (Wildman–Crippen LogP) is 3.05. The Labute approximate surface area is 200 Å². The van der Waals surface area contributed by atoms with Crippen LogP contribution in [0.25, 0.3) is 10.9 Å². The van der Waals surface area contributed by atoms with Gasteiger partial charge in [-0.05, 0) is 32.2 Å². The summed E-state index contributed by atoms with van der Waals surface area (Å²) in [6.45, 7) is 5.19. The molecule has 4 rings (SSSR count). The van der Waals surface area contributed by atoms with Gasteiger partial charge in [-0.3, -0.25) is 14.3 Å². The molecule has 8 nitrogen and oxygen atoms in total. The number of likely N-dealkylation sites (N-methyl/N-ethyl adjacent to an activating group) is 1. The van der Waals surface area contributed by atoms with E-state index in [0.717, 1.165) is 25.2 Å². The number of hydrogen-bond acceptors (Lipinski definition) is 6. The van der Waals surface area contributed by atoms with Gasteiger partial charge >= 0.3 is 6.18 Å². The molecule has 3 heterocycles. The van der Waals surface area contributed by atoms with Crippen molar-refractivity contribution in [2.24, 2.45) is 0 Å². The zero-order chi connectivity index (χ0) is 25.2. The number of carbonyl (C=O) groups is 2. The maximum Gasteiger partial charge on any atom is 0.433 e. The van der Waals surface area contributed by atoms with Crippen molar-refractivity contribution in [1.82, 2.24) is 24.6 Å². The van der Waals surface area contributed by atoms with Crippen LogP contribution in [0, 0.1) is 0 Å². The van der Waals surface area contributed by atoms with Crippen LogP contribution in [0.3, 0.4) is 0 Å². The van der Waals surface area contributed by atoms with E-state index < -0.39 is 17.7 Å². The number of halogens is 3. The van der Waals surface area contributed by atoms with E-state index in [0.29, 0.717) is 41.9 Å². The van der Waals surface area contributed by atoms with Crippen molar-refractivity contribution in [1.29, 1.82) is 0 Å². The quantitative estimate of drug-likeness (QED) is 0.475. The highest BCUT2D eigenvalue weighted by atomic mass is 19.4. The summed E-state index contributed by atoms with van der Waals surface area (Å²) in [5, 5.41) is 5.17. The van der Waals surface area contributed by atoms with E-state index in [1.165, 1.54) is 6.07 Å². The van der Waals surface area contributed by atoms with Gasteiger partial charge in [-0.15, -0.1) is 0 Å². The van der Waals surface area contributed by atoms with Gasteiger partial charge in [0.05, 0.1) is 12.1 Å². The minimum absolute atomic E-state index is 0.0260. The Bertz CT molecular complexity index is 1230. The molecule has 1 aliphatic rings. The first-order valence-corrected chi connectivity index (χ1v) is 11.3. The molecule has 35 heavy (non-hydrogen) atoms. The minimum atomic E-state index is -4.64. The van der Waals surface area contributed by atoms with Crippen LogP contribution >= 0.6 is 0 Å². The molecule has 0 saturated carbocycles. The summed E-state index contributed by atoms with van der Waals surface area (Å²) in [6.07, 6.45) is -3.11. The first-order chi connectivity index (χ1) is 16.6. The first-order valence-electron chi connectivity index (χ1n) is 11.3. The number of benzene rings is 1. The predicted molar refractivity (Wildman–Crippen MR) is 122 cm³/mol. The summed E-state index contributed by atoms with van der Waals surface area (Å²) in [5.41, 5.74) is -0.285. The number of fused-ring (bicyclic) bond motifs is 1. The summed E-state index contributed by atoms with van der Waals surface area (Å²) < 4.78 is 46.2. The van der Waals surface area contributed by atoms with Crippen molar-refractivity contribution in [3.8, 4) is 5.75 Å². The molecule has 0 aliphatic carbocycles. The Morgan fingerprint density at radius 3 is 2.54 bits per heavy atom. The highest BCUT2D eigenvalue weighted by Crippen LogP contribution is 2.29. The normalized spacial score (nSPS) is 14.9. The summed E-state index contributed by atoms with van der Waals surface area (Å²) in [4.78, 5) is 32.9. The second kappa shape index (κ2) is 10.0. The summed E-state index contributed by atoms with van der Waals surface area (Å²) in [7, 11) is 2.02. The molecule has 1 aliphatic heterocycles. The Morgan fingerprint density at radius 2 is 1.86 bits per heavy atom. The van der Waals surface area contributed by atoms with E-state index in [-0.39, 0.29) is 24.6 Å². The van der Waals surface area contributed by atoms with E-state index in [2.05, 4.69) is 15.0 Å². The van der Waals surface area contributed by atoms with Crippen LogP contribution in [0.5, 0.6) is 5.75 Å². The zero-order valence-corrected chi connectivity index (χ0v) is 19.5. The van der Waals surface area contributed by atoms with Crippen molar-refractivity contribution in [3.63, 3.8) is 0 Å². The number of Topliss-reactive ketones (excluding diaryl/α,β-unsaturated/α-hetero) is 1. The van der Waals surface area contributed by atoms with Crippen LogP contribution in [0.1, 0.15) is 28.7 Å². The van der Waals surface area contributed by atoms with Crippen LogP contribution in [0.15, 0.2) is 36.5 Å². The van der Waals surface area contributed by atoms with Crippen molar-refractivity contribution >= 4 is 22.6 Å². The smallest absolute Gasteiger partial charge is 0.433 e. The molecule has 1 fully saturated rings. The van der Waals surface area contributed by atoms with Crippen molar-refractivity contribution in [2.45, 2.75) is 26.1 Å². The second-order valence-corrected chi connectivity index (χ2v) is 8.47. The largest absolute Gasteiger partial charge is 0.494 e. The molecule has 0 N–H and O–H groups in total. The zero-order valence-electron chi connectivity index (χ0n) is 19.5. The topological polar surface area (TPSA) is 80.6 Å². The molecule has 0 unspecified atom stereocenters. The van der Waals surface area contributed by atoms with Crippen LogP contribution in [-0.4, -0.2) is 76.1 Å². The molecular formula is C24H26F3N5O3. The average molecular weight is 489 g/mol. The number of rotatable bonds is 7. The van der Waals surface area contributed by atoms with Crippen LogP contribution in [-0.2, 0) is 23.9 Å². The fourth-order valence-corrected chi connectivity index (χ4v) is 3.97. The molecule has 1 saturated heterocycles. The van der Waals surface area contributed by atoms with E-state index >= 15 is 0 Å². The fourth-order valence-electron chi connectivity index (χ4n) is 3.97. The molecule has 11 heteroatoms. The maximum absolute atomic E-state index is 13.0. The average Bonchev–Trinajstić information content (AvgIpc) is 3.20. The van der Waals surface area contributed by atoms with Crippen molar-refractivity contribution in [2.75, 3.05) is 39.8 Å². The summed E-state index contributed by atoms with van der Waals surface area (Å²) >= 11 is 0. The molecule has 0 radical (unpaired) electrons. The van der Waals surface area contributed by atoms with Gasteiger partial charge in [0.15, 0.2) is 5.78 Å². The van der Waals surface area contributed by atoms with Gasteiger partial charge < -0.3 is 14.5 Å². The number of nitrogens with zero attached hydrogens (tertiary/aromatic N) is 5. The number of alkyl halides is 3. The van der Waals surface area contributed by atoms with Gasteiger partial charge in [0.1, 0.15) is 23.7 Å². The number of ketones is 1. The third-order valence-electron chi connectivity index (χ3n) is 5.86. The van der Waals surface area contributed by atoms with E-state index in [1.54, 1.807) is 29.9 Å². The molecule has 1 amide bonds. The van der Waals surface area contributed by atoms with Gasteiger partial charge in [0.2, 0.25) is 5.91 Å². The number of pyridine rings is 1. The molecule has 0 spiro atoms. The third kappa shape index (κ3) is 5.79. The van der Waals surface area contributed by atoms with Crippen molar-refractivity contribution in [3.05, 3.63) is 53.5 Å². The summed E-state index contributed by atoms with van der Waals surface area (Å²) in [5.74, 6) is -0.174. The van der Waals surface area contributed by atoms with E-state index in [1.807, 2.05) is 11.9 Å². The van der Waals surface area contributed by atoms with Gasteiger partial charge in [-0.1, -0.05) is 6.07 Å². The van der Waals surface area contributed by atoms with Crippen LogP contribution < -0.4 is 4.74 Å². The Hall–Kier alpha value is -3.47. The monoisotopic (exact) mass is 489 g/mol. The number of ether oxygens (including phenoxy) is 1. The fraction of sp³-hybridized carbons (Fsp3) is 0.417.